The number of carboxylic acids is 1. The van der Waals surface area contributed by atoms with Crippen molar-refractivity contribution < 1.29 is 15.0 Å². The zero-order chi connectivity index (χ0) is 12.7. The first-order chi connectivity index (χ1) is 8.19. The molecule has 0 spiro atoms. The third-order valence-corrected chi connectivity index (χ3v) is 3.33. The quantitative estimate of drug-likeness (QED) is 0.701. The highest BCUT2D eigenvalue weighted by Crippen LogP contribution is 2.11. The summed E-state index contributed by atoms with van der Waals surface area (Å²) in [5.41, 5.74) is 0. The van der Waals surface area contributed by atoms with Crippen molar-refractivity contribution in [3.63, 3.8) is 0 Å². The number of β-amino-alcohol motifs (C(OH)–C–C–N with tert-alkyl or cyclic N) is 1. The van der Waals surface area contributed by atoms with Crippen molar-refractivity contribution in [3.8, 4) is 0 Å². The van der Waals surface area contributed by atoms with Crippen LogP contribution >= 0.6 is 0 Å². The van der Waals surface area contributed by atoms with Crippen LogP contribution in [0.25, 0.3) is 0 Å². The van der Waals surface area contributed by atoms with Gasteiger partial charge in [0.15, 0.2) is 0 Å². The lowest BCUT2D eigenvalue weighted by molar-refractivity contribution is -0.143. The summed E-state index contributed by atoms with van der Waals surface area (Å²) < 4.78 is 0. The fraction of sp³-hybridized carbons (Fsp3) is 0.917. The lowest BCUT2D eigenvalue weighted by atomic mass is 10.1. The van der Waals surface area contributed by atoms with E-state index in [1.54, 1.807) is 0 Å². The van der Waals surface area contributed by atoms with Gasteiger partial charge in [-0.05, 0) is 19.4 Å². The number of carbonyl (C=O) groups is 1. The predicted octanol–water partition coefficient (Wildman–Crippen LogP) is 0.240. The van der Waals surface area contributed by atoms with Crippen molar-refractivity contribution in [3.05, 3.63) is 0 Å². The Hall–Kier alpha value is -0.650. The highest BCUT2D eigenvalue weighted by atomic mass is 16.4. The lowest BCUT2D eigenvalue weighted by Gasteiger charge is -2.27. The zero-order valence-electron chi connectivity index (χ0n) is 10.6. The Morgan fingerprint density at radius 1 is 1.29 bits per heavy atom. The molecular formula is C12H24N2O3. The van der Waals surface area contributed by atoms with Gasteiger partial charge >= 0.3 is 5.97 Å². The number of carboxylic acid groups (broad SMARTS) is 1. The number of nitrogens with zero attached hydrogens (tertiary/aromatic N) is 2. The fourth-order valence-corrected chi connectivity index (χ4v) is 2.40. The highest BCUT2D eigenvalue weighted by molar-refractivity contribution is 5.73. The maximum absolute atomic E-state index is 11.2. The Kier molecular flexibility index (Phi) is 6.47. The van der Waals surface area contributed by atoms with E-state index in [-0.39, 0.29) is 12.6 Å². The van der Waals surface area contributed by atoms with Gasteiger partial charge in [0, 0.05) is 26.2 Å². The Morgan fingerprint density at radius 3 is 2.65 bits per heavy atom. The maximum atomic E-state index is 11.2. The SMILES string of the molecule is CCCC(C(=O)O)N1CCCN(CCO)CC1. The second-order valence-corrected chi connectivity index (χ2v) is 4.60. The molecule has 0 aromatic heterocycles. The van der Waals surface area contributed by atoms with Gasteiger partial charge in [-0.2, -0.15) is 0 Å². The number of aliphatic hydroxyl groups excluding tert-OH is 1. The number of rotatable bonds is 6. The van der Waals surface area contributed by atoms with Crippen molar-refractivity contribution in [1.29, 1.82) is 0 Å². The van der Waals surface area contributed by atoms with E-state index in [0.717, 1.165) is 45.4 Å². The third kappa shape index (κ3) is 4.61. The molecule has 17 heavy (non-hydrogen) atoms. The van der Waals surface area contributed by atoms with Gasteiger partial charge in [0.05, 0.1) is 6.61 Å². The molecule has 5 heteroatoms. The van der Waals surface area contributed by atoms with Crippen molar-refractivity contribution in [2.75, 3.05) is 39.3 Å². The minimum absolute atomic E-state index is 0.178. The Balaban J connectivity index is 2.50. The molecule has 1 atom stereocenters. The van der Waals surface area contributed by atoms with Crippen LogP contribution in [0.5, 0.6) is 0 Å². The molecular weight excluding hydrogens is 220 g/mol. The van der Waals surface area contributed by atoms with Crippen LogP contribution in [0, 0.1) is 0 Å². The summed E-state index contributed by atoms with van der Waals surface area (Å²) in [6, 6.07) is -0.339. The van der Waals surface area contributed by atoms with Crippen LogP contribution in [0.1, 0.15) is 26.2 Å². The minimum atomic E-state index is -0.706. The Morgan fingerprint density at radius 2 is 2.06 bits per heavy atom. The van der Waals surface area contributed by atoms with E-state index in [2.05, 4.69) is 9.80 Å². The van der Waals surface area contributed by atoms with E-state index < -0.39 is 5.97 Å². The molecule has 1 heterocycles. The average Bonchev–Trinajstić information content (AvgIpc) is 2.52. The van der Waals surface area contributed by atoms with Crippen molar-refractivity contribution in [2.45, 2.75) is 32.2 Å². The van der Waals surface area contributed by atoms with Gasteiger partial charge in [-0.25, -0.2) is 0 Å². The van der Waals surface area contributed by atoms with Crippen molar-refractivity contribution in [1.82, 2.24) is 9.80 Å². The van der Waals surface area contributed by atoms with Gasteiger partial charge in [0.25, 0.3) is 0 Å². The van der Waals surface area contributed by atoms with Gasteiger partial charge < -0.3 is 10.2 Å². The first-order valence-corrected chi connectivity index (χ1v) is 6.49. The van der Waals surface area contributed by atoms with E-state index in [0.29, 0.717) is 6.54 Å². The topological polar surface area (TPSA) is 64.0 Å². The molecule has 1 aliphatic rings. The number of aliphatic carboxylic acids is 1. The summed E-state index contributed by atoms with van der Waals surface area (Å²) in [5, 5.41) is 18.1. The molecule has 1 fully saturated rings. The smallest absolute Gasteiger partial charge is 0.320 e. The van der Waals surface area contributed by atoms with Crippen LogP contribution in [-0.2, 0) is 4.79 Å². The van der Waals surface area contributed by atoms with Gasteiger partial charge in [-0.15, -0.1) is 0 Å². The van der Waals surface area contributed by atoms with Crippen LogP contribution in [0.15, 0.2) is 0 Å². The first-order valence-electron chi connectivity index (χ1n) is 6.49. The summed E-state index contributed by atoms with van der Waals surface area (Å²) in [5.74, 6) is -0.706. The maximum Gasteiger partial charge on any atom is 0.320 e. The summed E-state index contributed by atoms with van der Waals surface area (Å²) in [7, 11) is 0. The largest absolute Gasteiger partial charge is 0.480 e. The number of hydrogen-bond donors (Lipinski definition) is 2. The average molecular weight is 244 g/mol. The van der Waals surface area contributed by atoms with E-state index in [1.165, 1.54) is 0 Å². The molecule has 0 amide bonds. The molecule has 5 nitrogen and oxygen atoms in total. The molecule has 0 aliphatic carbocycles. The monoisotopic (exact) mass is 244 g/mol. The molecule has 1 rings (SSSR count). The fourth-order valence-electron chi connectivity index (χ4n) is 2.40. The number of hydrogen-bond acceptors (Lipinski definition) is 4. The second-order valence-electron chi connectivity index (χ2n) is 4.60. The highest BCUT2D eigenvalue weighted by Gasteiger charge is 2.26. The zero-order valence-corrected chi connectivity index (χ0v) is 10.6. The van der Waals surface area contributed by atoms with Gasteiger partial charge in [0.1, 0.15) is 6.04 Å². The lowest BCUT2D eigenvalue weighted by Crippen LogP contribution is -2.43. The van der Waals surface area contributed by atoms with E-state index in [4.69, 9.17) is 5.11 Å². The van der Waals surface area contributed by atoms with Crippen LogP contribution in [0.3, 0.4) is 0 Å². The molecule has 1 aliphatic heterocycles. The molecule has 0 bridgehead atoms. The summed E-state index contributed by atoms with van der Waals surface area (Å²) >= 11 is 0. The Bertz CT molecular complexity index is 236. The second kappa shape index (κ2) is 7.63. The molecule has 1 saturated heterocycles. The molecule has 100 valence electrons. The van der Waals surface area contributed by atoms with Crippen molar-refractivity contribution in [2.24, 2.45) is 0 Å². The van der Waals surface area contributed by atoms with Crippen LogP contribution < -0.4 is 0 Å². The molecule has 0 aromatic rings. The molecule has 0 aromatic carbocycles. The molecule has 1 unspecified atom stereocenters. The molecule has 2 N–H and O–H groups in total. The normalized spacial score (nSPS) is 21.1. The summed E-state index contributed by atoms with van der Waals surface area (Å²) in [6.07, 6.45) is 2.59. The molecule has 0 radical (unpaired) electrons. The third-order valence-electron chi connectivity index (χ3n) is 3.33. The predicted molar refractivity (Wildman–Crippen MR) is 66.0 cm³/mol. The van der Waals surface area contributed by atoms with Crippen molar-refractivity contribution >= 4 is 5.97 Å². The van der Waals surface area contributed by atoms with Gasteiger partial charge in [-0.1, -0.05) is 13.3 Å². The van der Waals surface area contributed by atoms with Crippen LogP contribution in [0.2, 0.25) is 0 Å². The van der Waals surface area contributed by atoms with E-state index in [9.17, 15) is 9.90 Å². The van der Waals surface area contributed by atoms with Crippen LogP contribution in [-0.4, -0.2) is 71.4 Å². The Labute approximate surface area is 103 Å². The standard InChI is InChI=1S/C12H24N2O3/c1-2-4-11(12(16)17)14-6-3-5-13(7-8-14)9-10-15/h11,15H,2-10H2,1H3,(H,16,17). The first kappa shape index (κ1) is 14.4. The van der Waals surface area contributed by atoms with Gasteiger partial charge in [0.2, 0.25) is 0 Å². The van der Waals surface area contributed by atoms with E-state index >= 15 is 0 Å². The minimum Gasteiger partial charge on any atom is -0.480 e. The summed E-state index contributed by atoms with van der Waals surface area (Å²) in [6.45, 7) is 6.34. The number of aliphatic hydroxyl groups is 1. The van der Waals surface area contributed by atoms with Crippen LogP contribution in [0.4, 0.5) is 0 Å². The summed E-state index contributed by atoms with van der Waals surface area (Å²) in [4.78, 5) is 15.5. The van der Waals surface area contributed by atoms with E-state index in [1.807, 2.05) is 6.92 Å². The van der Waals surface area contributed by atoms with Gasteiger partial charge in [-0.3, -0.25) is 14.6 Å². The molecule has 0 saturated carbocycles.